The minimum atomic E-state index is -0.859. The summed E-state index contributed by atoms with van der Waals surface area (Å²) in [5, 5.41) is 12.0. The van der Waals surface area contributed by atoms with Crippen LogP contribution in [0.2, 0.25) is 5.02 Å². The first-order valence-corrected chi connectivity index (χ1v) is 7.21. The second-order valence-electron chi connectivity index (χ2n) is 5.58. The van der Waals surface area contributed by atoms with Crippen LogP contribution in [0.5, 0.6) is 0 Å². The summed E-state index contributed by atoms with van der Waals surface area (Å²) < 4.78 is 0. The third kappa shape index (κ3) is 6.49. The number of amides is 1. The van der Waals surface area contributed by atoms with E-state index in [0.717, 1.165) is 6.42 Å². The number of nitrogens with two attached hydrogens (primary N) is 1. The highest BCUT2D eigenvalue weighted by Gasteiger charge is 2.17. The van der Waals surface area contributed by atoms with Crippen molar-refractivity contribution >= 4 is 29.2 Å². The number of benzene rings is 1. The van der Waals surface area contributed by atoms with Gasteiger partial charge in [-0.15, -0.1) is 0 Å². The molecule has 1 rings (SSSR count). The van der Waals surface area contributed by atoms with Gasteiger partial charge in [-0.25, -0.2) is 0 Å². The first-order chi connectivity index (χ1) is 9.77. The van der Waals surface area contributed by atoms with Gasteiger partial charge in [0, 0.05) is 29.2 Å². The predicted octanol–water partition coefficient (Wildman–Crippen LogP) is 2.79. The normalized spacial score (nSPS) is 12.2. The van der Waals surface area contributed by atoms with Crippen LogP contribution in [0.15, 0.2) is 18.2 Å². The highest BCUT2D eigenvalue weighted by Crippen LogP contribution is 2.18. The van der Waals surface area contributed by atoms with E-state index in [1.165, 1.54) is 12.1 Å². The summed E-state index contributed by atoms with van der Waals surface area (Å²) in [7, 11) is 0. The molecule has 6 heteroatoms. The van der Waals surface area contributed by atoms with Crippen LogP contribution in [-0.2, 0) is 4.79 Å². The molecule has 0 saturated heterocycles. The summed E-state index contributed by atoms with van der Waals surface area (Å²) >= 11 is 5.86. The molecular weight excluding hydrogens is 292 g/mol. The maximum atomic E-state index is 12.1. The van der Waals surface area contributed by atoms with Crippen LogP contribution in [0.4, 0.5) is 5.69 Å². The van der Waals surface area contributed by atoms with E-state index < -0.39 is 5.97 Å². The number of rotatable bonds is 7. The Labute approximate surface area is 129 Å². The molecule has 0 spiro atoms. The lowest BCUT2D eigenvalue weighted by atomic mass is 9.94. The topological polar surface area (TPSA) is 92.4 Å². The molecule has 0 aliphatic heterocycles. The molecule has 0 saturated carbocycles. The van der Waals surface area contributed by atoms with Gasteiger partial charge in [0.25, 0.3) is 5.91 Å². The average molecular weight is 313 g/mol. The number of aliphatic carboxylic acids is 1. The first-order valence-electron chi connectivity index (χ1n) is 6.84. The van der Waals surface area contributed by atoms with Crippen molar-refractivity contribution in [3.8, 4) is 0 Å². The maximum Gasteiger partial charge on any atom is 0.303 e. The Balaban J connectivity index is 2.65. The molecule has 5 nitrogen and oxygen atoms in total. The Hall–Kier alpha value is -1.75. The molecule has 0 aliphatic rings. The molecule has 0 aliphatic carbocycles. The highest BCUT2D eigenvalue weighted by molar-refractivity contribution is 6.31. The zero-order chi connectivity index (χ0) is 16.0. The molecule has 4 N–H and O–H groups in total. The lowest BCUT2D eigenvalue weighted by molar-refractivity contribution is -0.138. The SMILES string of the molecule is CC(C)C[C@H](CNC(=O)c1cc(N)cc(Cl)c1)CC(=O)O. The Bertz CT molecular complexity index is 497. The number of carbonyl (C=O) groups excluding carboxylic acids is 1. The Kier molecular flexibility index (Phi) is 6.49. The van der Waals surface area contributed by atoms with E-state index >= 15 is 0 Å². The minimum absolute atomic E-state index is 0.0378. The number of carbonyl (C=O) groups is 2. The standard InChI is InChI=1S/C15H21ClN2O3/c1-9(2)3-10(4-14(19)20)8-18-15(21)11-5-12(16)7-13(17)6-11/h5-7,9-10H,3-4,8,17H2,1-2H3,(H,18,21)(H,19,20)/t10-/m0/s1. The van der Waals surface area contributed by atoms with Gasteiger partial charge in [0.05, 0.1) is 0 Å². The van der Waals surface area contributed by atoms with Crippen molar-refractivity contribution in [1.29, 1.82) is 0 Å². The summed E-state index contributed by atoms with van der Waals surface area (Å²) in [4.78, 5) is 22.9. The van der Waals surface area contributed by atoms with Gasteiger partial charge in [-0.3, -0.25) is 9.59 Å². The van der Waals surface area contributed by atoms with Gasteiger partial charge in [-0.05, 0) is 36.5 Å². The third-order valence-corrected chi connectivity index (χ3v) is 3.22. The average Bonchev–Trinajstić information content (AvgIpc) is 2.32. The molecule has 0 heterocycles. The molecule has 116 valence electrons. The molecule has 0 radical (unpaired) electrons. The number of hydrogen-bond donors (Lipinski definition) is 3. The summed E-state index contributed by atoms with van der Waals surface area (Å²) in [6.45, 7) is 4.36. The number of hydrogen-bond acceptors (Lipinski definition) is 3. The molecule has 0 fully saturated rings. The van der Waals surface area contributed by atoms with Crippen molar-refractivity contribution < 1.29 is 14.7 Å². The fourth-order valence-corrected chi connectivity index (χ4v) is 2.48. The van der Waals surface area contributed by atoms with Crippen LogP contribution in [-0.4, -0.2) is 23.5 Å². The summed E-state index contributed by atoms with van der Waals surface area (Å²) in [5.41, 5.74) is 6.43. The quantitative estimate of drug-likeness (QED) is 0.675. The number of carboxylic acid groups (broad SMARTS) is 1. The molecule has 21 heavy (non-hydrogen) atoms. The largest absolute Gasteiger partial charge is 0.481 e. The van der Waals surface area contributed by atoms with E-state index in [-0.39, 0.29) is 18.2 Å². The highest BCUT2D eigenvalue weighted by atomic mass is 35.5. The number of halogens is 1. The third-order valence-electron chi connectivity index (χ3n) is 3.00. The van der Waals surface area contributed by atoms with E-state index in [9.17, 15) is 9.59 Å². The van der Waals surface area contributed by atoms with Gasteiger partial charge >= 0.3 is 5.97 Å². The molecular formula is C15H21ClN2O3. The van der Waals surface area contributed by atoms with Crippen molar-refractivity contribution in [2.75, 3.05) is 12.3 Å². The van der Waals surface area contributed by atoms with E-state index in [1.54, 1.807) is 6.07 Å². The molecule has 1 atom stereocenters. The van der Waals surface area contributed by atoms with Crippen molar-refractivity contribution in [2.24, 2.45) is 11.8 Å². The molecule has 1 amide bonds. The fourth-order valence-electron chi connectivity index (χ4n) is 2.23. The number of nitrogens with one attached hydrogen (secondary N) is 1. The van der Waals surface area contributed by atoms with Gasteiger partial charge in [-0.2, -0.15) is 0 Å². The molecule has 0 bridgehead atoms. The van der Waals surface area contributed by atoms with Gasteiger partial charge in [0.2, 0.25) is 0 Å². The first kappa shape index (κ1) is 17.3. The fraction of sp³-hybridized carbons (Fsp3) is 0.467. The maximum absolute atomic E-state index is 12.1. The molecule has 0 aromatic heterocycles. The van der Waals surface area contributed by atoms with Crippen LogP contribution >= 0.6 is 11.6 Å². The lowest BCUT2D eigenvalue weighted by Gasteiger charge is -2.18. The van der Waals surface area contributed by atoms with E-state index in [4.69, 9.17) is 22.4 Å². The second kappa shape index (κ2) is 7.88. The Morgan fingerprint density at radius 2 is 2.00 bits per heavy atom. The van der Waals surface area contributed by atoms with Crippen LogP contribution in [0.3, 0.4) is 0 Å². The molecule has 1 aromatic rings. The minimum Gasteiger partial charge on any atom is -0.481 e. The van der Waals surface area contributed by atoms with E-state index in [0.29, 0.717) is 28.7 Å². The van der Waals surface area contributed by atoms with E-state index in [1.807, 2.05) is 13.8 Å². The number of anilines is 1. The zero-order valence-electron chi connectivity index (χ0n) is 12.2. The number of nitrogen functional groups attached to an aromatic ring is 1. The van der Waals surface area contributed by atoms with Crippen LogP contribution in [0, 0.1) is 11.8 Å². The molecule has 0 unspecified atom stereocenters. The summed E-state index contributed by atoms with van der Waals surface area (Å²) in [5.74, 6) is -0.888. The van der Waals surface area contributed by atoms with Gasteiger partial charge in [-0.1, -0.05) is 25.4 Å². The van der Waals surface area contributed by atoms with E-state index in [2.05, 4.69) is 5.32 Å². The summed E-state index contributed by atoms with van der Waals surface area (Å²) in [6, 6.07) is 4.63. The van der Waals surface area contributed by atoms with Crippen molar-refractivity contribution in [3.63, 3.8) is 0 Å². The molecule has 1 aromatic carbocycles. The van der Waals surface area contributed by atoms with Crippen LogP contribution in [0.25, 0.3) is 0 Å². The summed E-state index contributed by atoms with van der Waals surface area (Å²) in [6.07, 6.45) is 0.778. The van der Waals surface area contributed by atoms with Gasteiger partial charge < -0.3 is 16.2 Å². The zero-order valence-corrected chi connectivity index (χ0v) is 13.0. The lowest BCUT2D eigenvalue weighted by Crippen LogP contribution is -2.31. The monoisotopic (exact) mass is 312 g/mol. The second-order valence-corrected chi connectivity index (χ2v) is 6.01. The van der Waals surface area contributed by atoms with Gasteiger partial charge in [0.1, 0.15) is 0 Å². The predicted molar refractivity (Wildman–Crippen MR) is 83.4 cm³/mol. The smallest absolute Gasteiger partial charge is 0.303 e. The van der Waals surface area contributed by atoms with Crippen LogP contribution < -0.4 is 11.1 Å². The van der Waals surface area contributed by atoms with Gasteiger partial charge in [0.15, 0.2) is 0 Å². The van der Waals surface area contributed by atoms with Crippen molar-refractivity contribution in [3.05, 3.63) is 28.8 Å². The number of carboxylic acids is 1. The Morgan fingerprint density at radius 3 is 2.52 bits per heavy atom. The van der Waals surface area contributed by atoms with Crippen molar-refractivity contribution in [2.45, 2.75) is 26.7 Å². The Morgan fingerprint density at radius 1 is 1.33 bits per heavy atom. The van der Waals surface area contributed by atoms with Crippen LogP contribution in [0.1, 0.15) is 37.0 Å². The van der Waals surface area contributed by atoms with Crippen molar-refractivity contribution in [1.82, 2.24) is 5.32 Å².